The molecule has 0 bridgehead atoms. The number of nitrogens with two attached hydrogens (primary N) is 1. The van der Waals surface area contributed by atoms with Crippen molar-refractivity contribution in [2.24, 2.45) is 10.7 Å². The second kappa shape index (κ2) is 12.3. The van der Waals surface area contributed by atoms with E-state index in [1.165, 1.54) is 0 Å². The van der Waals surface area contributed by atoms with Crippen LogP contribution in [0.1, 0.15) is 11.7 Å². The smallest absolute Gasteiger partial charge is 1.00 e. The summed E-state index contributed by atoms with van der Waals surface area (Å²) in [6, 6.07) is 39.3. The third-order valence-corrected chi connectivity index (χ3v) is 14.5. The molecule has 9 heteroatoms. The van der Waals surface area contributed by atoms with Crippen LogP contribution < -0.4 is 49.4 Å². The van der Waals surface area contributed by atoms with E-state index in [1.54, 1.807) is 0 Å². The van der Waals surface area contributed by atoms with Gasteiger partial charge in [-0.15, -0.1) is 0 Å². The maximum Gasteiger partial charge on any atom is -1.00 e. The number of nitrogens with one attached hydrogen (secondary N) is 2. The van der Waals surface area contributed by atoms with Gasteiger partial charge >= 0.3 is 235 Å². The second-order valence-corrected chi connectivity index (χ2v) is 16.4. The van der Waals surface area contributed by atoms with E-state index < -0.39 is 5.96 Å². The summed E-state index contributed by atoms with van der Waals surface area (Å²) in [5.74, 6) is -1.42. The molecule has 0 amide bonds. The van der Waals surface area contributed by atoms with Gasteiger partial charge in [0.2, 0.25) is 0 Å². The molecule has 5 rings (SSSR count). The van der Waals surface area contributed by atoms with Crippen LogP contribution in [0.3, 0.4) is 0 Å². The van der Waals surface area contributed by atoms with Gasteiger partial charge in [-0.3, -0.25) is 0 Å². The van der Waals surface area contributed by atoms with Crippen LogP contribution in [0.4, 0.5) is 0 Å². The fourth-order valence-corrected chi connectivity index (χ4v) is 10.7. The number of aliphatic imine (C=N–C) groups is 1. The van der Waals surface area contributed by atoms with E-state index >= 15 is 0 Å². The van der Waals surface area contributed by atoms with Crippen molar-refractivity contribution in [1.82, 2.24) is 10.6 Å². The van der Waals surface area contributed by atoms with Crippen LogP contribution in [-0.2, 0) is 0 Å². The van der Waals surface area contributed by atoms with Crippen molar-refractivity contribution in [2.45, 2.75) is 6.17 Å². The number of benzene rings is 4. The number of hydrogen-bond acceptors (Lipinski definition) is 3. The van der Waals surface area contributed by atoms with Crippen LogP contribution in [0.25, 0.3) is 0 Å². The Morgan fingerprint density at radius 2 is 1.27 bits per heavy atom. The average molecular weight is 595 g/mol. The summed E-state index contributed by atoms with van der Waals surface area (Å²) < 4.78 is 8.28. The van der Waals surface area contributed by atoms with Crippen LogP contribution in [0.2, 0.25) is 0 Å². The molecule has 4 aromatic carbocycles. The van der Waals surface area contributed by atoms with Gasteiger partial charge in [-0.1, -0.05) is 0 Å². The van der Waals surface area contributed by atoms with Gasteiger partial charge in [0.1, 0.15) is 0 Å². The van der Waals surface area contributed by atoms with Crippen LogP contribution in [-0.4, -0.2) is 43.4 Å². The molecule has 0 spiro atoms. The summed E-state index contributed by atoms with van der Waals surface area (Å²) in [5, 5.41) is 9.77. The minimum Gasteiger partial charge on any atom is -1.00 e. The maximum absolute atomic E-state index is 8.12. The topological polar surface area (TPSA) is 74.7 Å². The molecule has 1 heterocycles. The van der Waals surface area contributed by atoms with E-state index in [0.29, 0.717) is 18.7 Å². The minimum atomic E-state index is -3.37. The van der Waals surface area contributed by atoms with Crippen molar-refractivity contribution >= 4 is 45.0 Å². The first-order valence-electron chi connectivity index (χ1n) is 12.9. The van der Waals surface area contributed by atoms with Crippen LogP contribution in [0, 0.1) is 0 Å². The third kappa shape index (κ3) is 5.66. The number of hydrogen-bond donors (Lipinski definition) is 3. The van der Waals surface area contributed by atoms with E-state index in [9.17, 15) is 0 Å². The van der Waals surface area contributed by atoms with Gasteiger partial charge in [0.25, 0.3) is 0 Å². The molecule has 4 N–H and O–H groups in total. The molecule has 6 nitrogen and oxygen atoms in total. The van der Waals surface area contributed by atoms with E-state index in [-0.39, 0.29) is 18.6 Å². The summed E-state index contributed by atoms with van der Waals surface area (Å²) in [4.78, 5) is 4.49. The zero-order valence-electron chi connectivity index (χ0n) is 22.5. The second-order valence-electron chi connectivity index (χ2n) is 9.76. The molecule has 1 aliphatic rings. The van der Waals surface area contributed by atoms with Gasteiger partial charge in [-0.2, -0.15) is 0 Å². The summed E-state index contributed by atoms with van der Waals surface area (Å²) in [7, 11) is 3.88. The SMILES string of the molecule is C[N+](C)=C1NC(N)=NC(c2ccc(OCCP(Cl)(c3ccccc3)(c3ccccc3)c3ccccc3)cc2)N1.[Cl-]. The summed E-state index contributed by atoms with van der Waals surface area (Å²) in [6.07, 6.45) is 0.364. The van der Waals surface area contributed by atoms with Gasteiger partial charge in [-0.05, 0) is 0 Å². The molecular formula is C31H34Cl2N5OP. The molecular weight excluding hydrogens is 560 g/mol. The Bertz CT molecular complexity index is 1380. The van der Waals surface area contributed by atoms with Crippen molar-refractivity contribution in [3.8, 4) is 5.75 Å². The molecule has 0 aromatic heterocycles. The number of halogens is 2. The Labute approximate surface area is 247 Å². The summed E-state index contributed by atoms with van der Waals surface area (Å²) >= 11 is 8.12. The first-order chi connectivity index (χ1) is 18.9. The zero-order valence-corrected chi connectivity index (χ0v) is 25.0. The van der Waals surface area contributed by atoms with Crippen LogP contribution in [0.15, 0.2) is 120 Å². The van der Waals surface area contributed by atoms with E-state index in [2.05, 4.69) is 88.4 Å². The Hall–Kier alpha value is -3.57. The molecule has 40 heavy (non-hydrogen) atoms. The molecule has 0 aliphatic carbocycles. The molecule has 1 aliphatic heterocycles. The Morgan fingerprint density at radius 1 is 0.800 bits per heavy atom. The summed E-state index contributed by atoms with van der Waals surface area (Å²) in [5.41, 5.74) is 6.99. The van der Waals surface area contributed by atoms with Gasteiger partial charge in [-0.25, -0.2) is 0 Å². The fraction of sp³-hybridized carbons (Fsp3) is 0.161. The van der Waals surface area contributed by atoms with Gasteiger partial charge < -0.3 is 12.4 Å². The molecule has 1 unspecified atom stereocenters. The molecule has 0 fully saturated rings. The predicted molar refractivity (Wildman–Crippen MR) is 166 cm³/mol. The maximum atomic E-state index is 8.12. The van der Waals surface area contributed by atoms with Crippen molar-refractivity contribution in [2.75, 3.05) is 26.9 Å². The first kappa shape index (κ1) is 29.4. The number of rotatable bonds is 8. The fourth-order valence-electron chi connectivity index (χ4n) is 5.02. The van der Waals surface area contributed by atoms with Gasteiger partial charge in [0, 0.05) is 0 Å². The molecule has 208 valence electrons. The van der Waals surface area contributed by atoms with Crippen LogP contribution in [0.5, 0.6) is 5.75 Å². The Balaban J connectivity index is 0.00000370. The first-order valence-corrected chi connectivity index (χ1v) is 16.2. The molecule has 1 atom stereocenters. The van der Waals surface area contributed by atoms with Gasteiger partial charge in [0.05, 0.1) is 0 Å². The molecule has 0 saturated heterocycles. The Kier molecular flexibility index (Phi) is 9.05. The number of ether oxygens (including phenoxy) is 1. The average Bonchev–Trinajstić information content (AvgIpc) is 2.98. The van der Waals surface area contributed by atoms with Crippen molar-refractivity contribution in [3.05, 3.63) is 121 Å². The van der Waals surface area contributed by atoms with E-state index in [1.807, 2.05) is 61.1 Å². The monoisotopic (exact) mass is 593 g/mol. The predicted octanol–water partition coefficient (Wildman–Crippen LogP) is 0.887. The largest absolute Gasteiger partial charge is 1.00 e. The normalized spacial score (nSPS) is 15.8. The van der Waals surface area contributed by atoms with Crippen molar-refractivity contribution in [3.63, 3.8) is 0 Å². The van der Waals surface area contributed by atoms with Crippen molar-refractivity contribution < 1.29 is 21.7 Å². The Morgan fingerprint density at radius 3 is 1.73 bits per heavy atom. The van der Waals surface area contributed by atoms with E-state index in [0.717, 1.165) is 33.2 Å². The number of nitrogens with zero attached hydrogens (tertiary/aromatic N) is 2. The quantitative estimate of drug-likeness (QED) is 0.209. The minimum absolute atomic E-state index is 0. The summed E-state index contributed by atoms with van der Waals surface area (Å²) in [6.45, 7) is 0.453. The molecule has 0 radical (unpaired) electrons. The third-order valence-electron chi connectivity index (χ3n) is 7.09. The van der Waals surface area contributed by atoms with E-state index in [4.69, 9.17) is 21.7 Å². The standard InChI is InChI=1S/C31H33ClN5OP.ClH/c1-37(2)31-35-29(34-30(33)36-31)24-18-20-25(21-19-24)38-22-23-39(32,26-12-6-3-7-13-26,27-14-8-4-9-15-27)28-16-10-5-11-17-28;/h3-21,29H,22-23H2,1-2H3,(H3,33,34,35,36);1H. The van der Waals surface area contributed by atoms with Gasteiger partial charge in [0.15, 0.2) is 0 Å². The van der Waals surface area contributed by atoms with Crippen molar-refractivity contribution in [1.29, 1.82) is 0 Å². The van der Waals surface area contributed by atoms with Crippen LogP contribution >= 0.6 is 17.2 Å². The molecule has 4 aromatic rings. The molecule has 0 saturated carbocycles. The zero-order chi connectivity index (χ0) is 27.3. The number of guanidine groups is 2.